The van der Waals surface area contributed by atoms with Crippen LogP contribution in [-0.2, 0) is 33.1 Å². The summed E-state index contributed by atoms with van der Waals surface area (Å²) in [6, 6.07) is 7.19. The minimum atomic E-state index is -3.36. The number of hydrogen-bond acceptors (Lipinski definition) is 4. The van der Waals surface area contributed by atoms with Crippen LogP contribution in [0.15, 0.2) is 24.3 Å². The van der Waals surface area contributed by atoms with Gasteiger partial charge in [-0.2, -0.15) is 0 Å². The average molecular weight is 318 g/mol. The van der Waals surface area contributed by atoms with Crippen molar-refractivity contribution in [2.45, 2.75) is 30.9 Å². The van der Waals surface area contributed by atoms with Gasteiger partial charge in [-0.25, -0.2) is 13.1 Å². The summed E-state index contributed by atoms with van der Waals surface area (Å²) in [7, 11) is -4.28. The number of sulfonamides is 1. The largest absolute Gasteiger partial charge is 0.326 e. The van der Waals surface area contributed by atoms with E-state index in [1.165, 1.54) is 0 Å². The molecule has 0 fully saturated rings. The Hall–Kier alpha value is -0.760. The third-order valence-corrected chi connectivity index (χ3v) is 5.78. The van der Waals surface area contributed by atoms with Crippen molar-refractivity contribution in [1.82, 2.24) is 4.72 Å². The van der Waals surface area contributed by atoms with Crippen LogP contribution in [0.25, 0.3) is 0 Å². The van der Waals surface area contributed by atoms with E-state index in [1.54, 1.807) is 18.4 Å². The first kappa shape index (κ1) is 17.3. The van der Waals surface area contributed by atoms with Crippen LogP contribution < -0.4 is 10.5 Å². The molecule has 114 valence electrons. The third kappa shape index (κ3) is 6.13. The zero-order valence-electron chi connectivity index (χ0n) is 11.8. The van der Waals surface area contributed by atoms with Gasteiger partial charge in [0.2, 0.25) is 10.0 Å². The first-order valence-electron chi connectivity index (χ1n) is 6.41. The van der Waals surface area contributed by atoms with Crippen molar-refractivity contribution in [3.63, 3.8) is 0 Å². The highest BCUT2D eigenvalue weighted by Crippen LogP contribution is 2.08. The smallest absolute Gasteiger partial charge is 0.215 e. The molecule has 0 heterocycles. The molecule has 0 aliphatic rings. The highest BCUT2D eigenvalue weighted by molar-refractivity contribution is 7.88. The maximum atomic E-state index is 11.9. The van der Waals surface area contributed by atoms with E-state index < -0.39 is 20.8 Å². The number of nitrogens with one attached hydrogen (secondary N) is 1. The summed E-state index contributed by atoms with van der Waals surface area (Å²) in [5.74, 6) is -0.0541. The lowest BCUT2D eigenvalue weighted by Gasteiger charge is -2.10. The maximum absolute atomic E-state index is 11.9. The molecule has 0 amide bonds. The molecule has 1 aromatic rings. The van der Waals surface area contributed by atoms with Gasteiger partial charge in [0.25, 0.3) is 0 Å². The molecule has 20 heavy (non-hydrogen) atoms. The SMILES string of the molecule is CC(CCNS(=O)(=O)Cc1ccc(CN)cc1)S(C)=O. The molecule has 1 aromatic carbocycles. The van der Waals surface area contributed by atoms with Crippen molar-refractivity contribution in [3.8, 4) is 0 Å². The fourth-order valence-electron chi connectivity index (χ4n) is 1.63. The molecule has 0 aliphatic carbocycles. The van der Waals surface area contributed by atoms with Crippen molar-refractivity contribution in [3.05, 3.63) is 35.4 Å². The Morgan fingerprint density at radius 2 is 1.80 bits per heavy atom. The lowest BCUT2D eigenvalue weighted by molar-refractivity contribution is 0.577. The van der Waals surface area contributed by atoms with Crippen LogP contribution in [0, 0.1) is 0 Å². The van der Waals surface area contributed by atoms with Gasteiger partial charge in [-0.15, -0.1) is 0 Å². The van der Waals surface area contributed by atoms with E-state index in [0.29, 0.717) is 19.5 Å². The van der Waals surface area contributed by atoms with E-state index in [4.69, 9.17) is 5.73 Å². The summed E-state index contributed by atoms with van der Waals surface area (Å²) in [4.78, 5) is 0. The Kier molecular flexibility index (Phi) is 6.81. The summed E-state index contributed by atoms with van der Waals surface area (Å²) in [5, 5.41) is -0.0125. The molecule has 1 rings (SSSR count). The Morgan fingerprint density at radius 3 is 2.30 bits per heavy atom. The van der Waals surface area contributed by atoms with Gasteiger partial charge in [0.15, 0.2) is 0 Å². The van der Waals surface area contributed by atoms with E-state index in [-0.39, 0.29) is 11.0 Å². The molecule has 7 heteroatoms. The van der Waals surface area contributed by atoms with E-state index in [2.05, 4.69) is 4.72 Å². The normalized spacial score (nSPS) is 14.9. The second kappa shape index (κ2) is 7.87. The van der Waals surface area contributed by atoms with E-state index in [0.717, 1.165) is 11.1 Å². The number of benzene rings is 1. The molecule has 2 atom stereocenters. The molecular weight excluding hydrogens is 296 g/mol. The number of nitrogens with two attached hydrogens (primary N) is 1. The van der Waals surface area contributed by atoms with Gasteiger partial charge in [0.05, 0.1) is 5.75 Å². The van der Waals surface area contributed by atoms with Gasteiger partial charge in [0, 0.05) is 35.4 Å². The molecule has 2 unspecified atom stereocenters. The average Bonchev–Trinajstić information content (AvgIpc) is 2.38. The van der Waals surface area contributed by atoms with Crippen LogP contribution in [0.3, 0.4) is 0 Å². The standard InChI is InChI=1S/C13H22N2O3S2/c1-11(19(2)16)7-8-15-20(17,18)10-13-5-3-12(9-14)4-6-13/h3-6,11,15H,7-10,14H2,1-2H3. The van der Waals surface area contributed by atoms with Gasteiger partial charge < -0.3 is 5.73 Å². The Morgan fingerprint density at radius 1 is 1.25 bits per heavy atom. The molecule has 0 saturated carbocycles. The first-order chi connectivity index (χ1) is 9.34. The van der Waals surface area contributed by atoms with E-state index >= 15 is 0 Å². The fraction of sp³-hybridized carbons (Fsp3) is 0.538. The molecule has 0 aliphatic heterocycles. The van der Waals surface area contributed by atoms with Crippen LogP contribution in [-0.4, -0.2) is 30.7 Å². The highest BCUT2D eigenvalue weighted by Gasteiger charge is 2.13. The quantitative estimate of drug-likeness (QED) is 0.739. The van der Waals surface area contributed by atoms with E-state index in [9.17, 15) is 12.6 Å². The van der Waals surface area contributed by atoms with Crippen molar-refractivity contribution < 1.29 is 12.6 Å². The summed E-state index contributed by atoms with van der Waals surface area (Å²) >= 11 is 0. The molecule has 3 N–H and O–H groups in total. The topological polar surface area (TPSA) is 89.3 Å². The van der Waals surface area contributed by atoms with Crippen molar-refractivity contribution >= 4 is 20.8 Å². The molecule has 0 spiro atoms. The molecular formula is C13H22N2O3S2. The molecule has 0 bridgehead atoms. The number of rotatable bonds is 8. The highest BCUT2D eigenvalue weighted by atomic mass is 32.2. The molecule has 0 aromatic heterocycles. The zero-order chi connectivity index (χ0) is 15.2. The lowest BCUT2D eigenvalue weighted by atomic mass is 10.1. The lowest BCUT2D eigenvalue weighted by Crippen LogP contribution is -2.28. The van der Waals surface area contributed by atoms with Crippen LogP contribution in [0.4, 0.5) is 0 Å². The second-order valence-electron chi connectivity index (χ2n) is 4.77. The molecule has 5 nitrogen and oxygen atoms in total. The molecule has 0 radical (unpaired) electrons. The minimum Gasteiger partial charge on any atom is -0.326 e. The Labute approximate surface area is 123 Å². The zero-order valence-corrected chi connectivity index (χ0v) is 13.5. The van der Waals surface area contributed by atoms with Crippen LogP contribution in [0.2, 0.25) is 0 Å². The Balaban J connectivity index is 2.50. The summed E-state index contributed by atoms with van der Waals surface area (Å²) in [6.07, 6.45) is 2.19. The van der Waals surface area contributed by atoms with Crippen molar-refractivity contribution in [1.29, 1.82) is 0 Å². The fourth-order valence-corrected chi connectivity index (χ4v) is 3.24. The summed E-state index contributed by atoms with van der Waals surface area (Å²) < 4.78 is 37.5. The predicted molar refractivity (Wildman–Crippen MR) is 83.1 cm³/mol. The van der Waals surface area contributed by atoms with Gasteiger partial charge in [-0.1, -0.05) is 31.2 Å². The summed E-state index contributed by atoms with van der Waals surface area (Å²) in [6.45, 7) is 2.59. The van der Waals surface area contributed by atoms with Gasteiger partial charge in [0.1, 0.15) is 0 Å². The van der Waals surface area contributed by atoms with Gasteiger partial charge in [-0.3, -0.25) is 4.21 Å². The van der Waals surface area contributed by atoms with Crippen molar-refractivity contribution in [2.75, 3.05) is 12.8 Å². The van der Waals surface area contributed by atoms with Crippen LogP contribution in [0.1, 0.15) is 24.5 Å². The monoisotopic (exact) mass is 318 g/mol. The van der Waals surface area contributed by atoms with Gasteiger partial charge in [-0.05, 0) is 17.5 Å². The van der Waals surface area contributed by atoms with Crippen LogP contribution >= 0.6 is 0 Å². The summed E-state index contributed by atoms with van der Waals surface area (Å²) in [5.41, 5.74) is 7.18. The van der Waals surface area contributed by atoms with Crippen LogP contribution in [0.5, 0.6) is 0 Å². The maximum Gasteiger partial charge on any atom is 0.215 e. The number of hydrogen-bond donors (Lipinski definition) is 2. The second-order valence-corrected chi connectivity index (χ2v) is 8.38. The first-order valence-corrected chi connectivity index (χ1v) is 9.69. The Bertz CT molecular complexity index is 541. The van der Waals surface area contributed by atoms with Gasteiger partial charge >= 0.3 is 0 Å². The van der Waals surface area contributed by atoms with Crippen molar-refractivity contribution in [2.24, 2.45) is 5.73 Å². The molecule has 0 saturated heterocycles. The predicted octanol–water partition coefficient (Wildman–Crippen LogP) is 0.722. The third-order valence-electron chi connectivity index (χ3n) is 3.05. The minimum absolute atomic E-state index is 0.0125. The van der Waals surface area contributed by atoms with E-state index in [1.807, 2.05) is 19.1 Å².